The van der Waals surface area contributed by atoms with E-state index in [1.165, 1.54) is 0 Å². The Morgan fingerprint density at radius 1 is 1.64 bits per heavy atom. The summed E-state index contributed by atoms with van der Waals surface area (Å²) >= 11 is 0. The summed E-state index contributed by atoms with van der Waals surface area (Å²) in [6.45, 7) is 7.98. The second-order valence-corrected chi connectivity index (χ2v) is 2.63. The van der Waals surface area contributed by atoms with E-state index in [1.54, 1.807) is 16.8 Å². The zero-order chi connectivity index (χ0) is 10.4. The Hall–Kier alpha value is -1.75. The Labute approximate surface area is 82.8 Å². The van der Waals surface area contributed by atoms with Gasteiger partial charge in [0.2, 0.25) is 0 Å². The van der Waals surface area contributed by atoms with Crippen LogP contribution in [-0.2, 0) is 6.67 Å². The number of tetrazole rings is 1. The van der Waals surface area contributed by atoms with Crippen molar-refractivity contribution >= 4 is 5.57 Å². The Morgan fingerprint density at radius 2 is 2.43 bits per heavy atom. The highest BCUT2D eigenvalue weighted by atomic mass is 15.6. The first-order valence-electron chi connectivity index (χ1n) is 4.18. The molecule has 5 heteroatoms. The predicted molar refractivity (Wildman–Crippen MR) is 55.2 cm³/mol. The third kappa shape index (κ3) is 2.37. The largest absolute Gasteiger partial charge is 0.301 e. The fourth-order valence-electron chi connectivity index (χ4n) is 0.950. The first-order valence-corrected chi connectivity index (χ1v) is 4.18. The lowest BCUT2D eigenvalue weighted by molar-refractivity contribution is 0.533. The minimum absolute atomic E-state index is 0.559. The molecule has 0 atom stereocenters. The molecule has 0 aliphatic rings. The Bertz CT molecular complexity index is 350. The van der Waals surface area contributed by atoms with Crippen molar-refractivity contribution < 1.29 is 0 Å². The number of nitrogens with zero attached hydrogens (tertiary/aromatic N) is 4. The van der Waals surface area contributed by atoms with Crippen LogP contribution in [0.1, 0.15) is 5.82 Å². The van der Waals surface area contributed by atoms with Gasteiger partial charge in [-0.3, -0.25) is 0 Å². The van der Waals surface area contributed by atoms with Gasteiger partial charge in [-0.05, 0) is 17.5 Å². The van der Waals surface area contributed by atoms with Crippen LogP contribution in [0.15, 0.2) is 31.4 Å². The topological polar surface area (TPSA) is 55.6 Å². The number of hydrogen-bond donors (Lipinski definition) is 1. The Morgan fingerprint density at radius 3 is 3.07 bits per heavy atom. The van der Waals surface area contributed by atoms with Gasteiger partial charge < -0.3 is 5.32 Å². The molecule has 0 bridgehead atoms. The van der Waals surface area contributed by atoms with E-state index in [2.05, 4.69) is 34.0 Å². The highest BCUT2D eigenvalue weighted by Gasteiger charge is 2.05. The molecule has 1 aromatic rings. The second-order valence-electron chi connectivity index (χ2n) is 2.63. The van der Waals surface area contributed by atoms with E-state index >= 15 is 0 Å². The standard InChI is InChI=1S/C9H13N5/c1-4-5-6-8(2)9-11-12-13-14(9)7-10-3/h4-6,10H,1-2,7H2,3H3/b6-5-. The highest BCUT2D eigenvalue weighted by molar-refractivity contribution is 5.67. The van der Waals surface area contributed by atoms with Crippen LogP contribution in [0.2, 0.25) is 0 Å². The summed E-state index contributed by atoms with van der Waals surface area (Å²) in [5.74, 6) is 0.650. The monoisotopic (exact) mass is 191 g/mol. The molecule has 14 heavy (non-hydrogen) atoms. The summed E-state index contributed by atoms with van der Waals surface area (Å²) in [7, 11) is 1.83. The van der Waals surface area contributed by atoms with Crippen molar-refractivity contribution in [3.63, 3.8) is 0 Å². The Balaban J connectivity index is 2.83. The molecule has 0 aromatic carbocycles. The van der Waals surface area contributed by atoms with E-state index in [1.807, 2.05) is 13.1 Å². The first-order chi connectivity index (χ1) is 6.79. The molecule has 1 heterocycles. The van der Waals surface area contributed by atoms with Crippen LogP contribution in [0.25, 0.3) is 5.57 Å². The maximum absolute atomic E-state index is 3.86. The molecule has 0 amide bonds. The van der Waals surface area contributed by atoms with Gasteiger partial charge in [-0.1, -0.05) is 31.4 Å². The molecule has 74 valence electrons. The van der Waals surface area contributed by atoms with Gasteiger partial charge in [0, 0.05) is 5.57 Å². The van der Waals surface area contributed by atoms with E-state index in [0.717, 1.165) is 5.57 Å². The summed E-state index contributed by atoms with van der Waals surface area (Å²) in [5.41, 5.74) is 0.755. The fourth-order valence-corrected chi connectivity index (χ4v) is 0.950. The van der Waals surface area contributed by atoms with Crippen LogP contribution in [0, 0.1) is 0 Å². The van der Waals surface area contributed by atoms with Gasteiger partial charge >= 0.3 is 0 Å². The first kappa shape index (κ1) is 10.3. The van der Waals surface area contributed by atoms with Crippen molar-refractivity contribution in [2.24, 2.45) is 0 Å². The SMILES string of the molecule is C=C/C=C\C(=C)c1nnnn1CNC. The van der Waals surface area contributed by atoms with Gasteiger partial charge in [0.25, 0.3) is 0 Å². The van der Waals surface area contributed by atoms with Crippen molar-refractivity contribution in [3.8, 4) is 0 Å². The molecule has 0 radical (unpaired) electrons. The van der Waals surface area contributed by atoms with E-state index in [4.69, 9.17) is 0 Å². The maximum atomic E-state index is 3.86. The fraction of sp³-hybridized carbons (Fsp3) is 0.222. The average molecular weight is 191 g/mol. The predicted octanol–water partition coefficient (Wildman–Crippen LogP) is 0.605. The number of allylic oxidation sites excluding steroid dienone is 4. The number of hydrogen-bond acceptors (Lipinski definition) is 4. The minimum atomic E-state index is 0.559. The molecule has 0 fully saturated rings. The van der Waals surface area contributed by atoms with E-state index in [9.17, 15) is 0 Å². The third-order valence-corrected chi connectivity index (χ3v) is 1.56. The van der Waals surface area contributed by atoms with Crippen LogP contribution in [-0.4, -0.2) is 27.3 Å². The zero-order valence-corrected chi connectivity index (χ0v) is 8.14. The lowest BCUT2D eigenvalue weighted by atomic mass is 10.2. The van der Waals surface area contributed by atoms with E-state index in [-0.39, 0.29) is 0 Å². The molecule has 0 saturated heterocycles. The van der Waals surface area contributed by atoms with Gasteiger partial charge in [0.15, 0.2) is 5.82 Å². The van der Waals surface area contributed by atoms with E-state index in [0.29, 0.717) is 12.5 Å². The summed E-state index contributed by atoms with van der Waals surface area (Å²) in [4.78, 5) is 0. The summed E-state index contributed by atoms with van der Waals surface area (Å²) < 4.78 is 1.63. The summed E-state index contributed by atoms with van der Waals surface area (Å²) in [6.07, 6.45) is 5.28. The summed E-state index contributed by atoms with van der Waals surface area (Å²) in [6, 6.07) is 0. The molecular formula is C9H13N5. The molecule has 0 unspecified atom stereocenters. The quantitative estimate of drug-likeness (QED) is 0.693. The molecule has 0 aliphatic carbocycles. The number of aromatic nitrogens is 4. The van der Waals surface area contributed by atoms with Crippen molar-refractivity contribution in [2.75, 3.05) is 7.05 Å². The highest BCUT2D eigenvalue weighted by Crippen LogP contribution is 2.08. The number of rotatable bonds is 5. The van der Waals surface area contributed by atoms with Crippen molar-refractivity contribution in [3.05, 3.63) is 37.2 Å². The van der Waals surface area contributed by atoms with Crippen molar-refractivity contribution in [1.29, 1.82) is 0 Å². The molecule has 1 aromatic heterocycles. The lowest BCUT2D eigenvalue weighted by Crippen LogP contribution is -2.16. The second kappa shape index (κ2) is 5.08. The van der Waals surface area contributed by atoms with Gasteiger partial charge in [-0.2, -0.15) is 0 Å². The van der Waals surface area contributed by atoms with Crippen LogP contribution >= 0.6 is 0 Å². The van der Waals surface area contributed by atoms with Gasteiger partial charge in [0.05, 0.1) is 6.67 Å². The molecule has 0 aliphatic heterocycles. The van der Waals surface area contributed by atoms with Crippen molar-refractivity contribution in [2.45, 2.75) is 6.67 Å². The van der Waals surface area contributed by atoms with Gasteiger partial charge in [-0.25, -0.2) is 4.68 Å². The Kier molecular flexibility index (Phi) is 3.75. The van der Waals surface area contributed by atoms with Crippen LogP contribution in [0.4, 0.5) is 0 Å². The van der Waals surface area contributed by atoms with Crippen LogP contribution < -0.4 is 5.32 Å². The molecule has 0 saturated carbocycles. The van der Waals surface area contributed by atoms with Crippen molar-refractivity contribution in [1.82, 2.24) is 25.5 Å². The molecule has 0 spiro atoms. The normalized spacial score (nSPS) is 10.6. The van der Waals surface area contributed by atoms with Crippen LogP contribution in [0.5, 0.6) is 0 Å². The van der Waals surface area contributed by atoms with Gasteiger partial charge in [-0.15, -0.1) is 5.10 Å². The minimum Gasteiger partial charge on any atom is -0.301 e. The molecule has 1 rings (SSSR count). The zero-order valence-electron chi connectivity index (χ0n) is 8.14. The molecule has 1 N–H and O–H groups in total. The lowest BCUT2D eigenvalue weighted by Gasteiger charge is -2.01. The number of nitrogens with one attached hydrogen (secondary N) is 1. The maximum Gasteiger partial charge on any atom is 0.182 e. The third-order valence-electron chi connectivity index (χ3n) is 1.56. The average Bonchev–Trinajstić information content (AvgIpc) is 2.63. The van der Waals surface area contributed by atoms with Crippen LogP contribution in [0.3, 0.4) is 0 Å². The molecule has 5 nitrogen and oxygen atoms in total. The smallest absolute Gasteiger partial charge is 0.182 e. The summed E-state index contributed by atoms with van der Waals surface area (Å²) in [5, 5.41) is 14.2. The molecular weight excluding hydrogens is 178 g/mol. The van der Waals surface area contributed by atoms with Gasteiger partial charge in [0.1, 0.15) is 0 Å². The van der Waals surface area contributed by atoms with E-state index < -0.39 is 0 Å².